The van der Waals surface area contributed by atoms with Crippen LogP contribution in [0.4, 0.5) is 10.7 Å². The van der Waals surface area contributed by atoms with Crippen LogP contribution < -0.4 is 9.64 Å². The number of carbonyl (C=O) groups excluding carboxylic acids is 1. The number of amides is 2. The molecule has 0 saturated carbocycles. The maximum Gasteiger partial charge on any atom is 0.327 e. The maximum absolute atomic E-state index is 12.4. The average Bonchev–Trinajstić information content (AvgIpc) is 2.89. The van der Waals surface area contributed by atoms with Gasteiger partial charge in [0.1, 0.15) is 10.9 Å². The molecule has 0 unspecified atom stereocenters. The first kappa shape index (κ1) is 14.6. The minimum absolute atomic E-state index is 0.113. The van der Waals surface area contributed by atoms with Crippen LogP contribution in [0.3, 0.4) is 0 Å². The third kappa shape index (κ3) is 2.96. The summed E-state index contributed by atoms with van der Waals surface area (Å²) in [6.07, 6.45) is 1.55. The predicted octanol–water partition coefficient (Wildman–Crippen LogP) is 2.58. The van der Waals surface area contributed by atoms with E-state index in [4.69, 9.17) is 16.3 Å². The molecular weight excluding hydrogens is 304 g/mol. The highest BCUT2D eigenvalue weighted by atomic mass is 35.5. The van der Waals surface area contributed by atoms with Crippen molar-refractivity contribution in [3.63, 3.8) is 0 Å². The summed E-state index contributed by atoms with van der Waals surface area (Å²) >= 11 is 5.85. The Kier molecular flexibility index (Phi) is 4.11. The highest BCUT2D eigenvalue weighted by molar-refractivity contribution is 6.29. The molecule has 2 aromatic rings. The minimum Gasteiger partial charge on any atom is -0.497 e. The van der Waals surface area contributed by atoms with Gasteiger partial charge in [-0.1, -0.05) is 23.7 Å². The van der Waals surface area contributed by atoms with Crippen LogP contribution in [0.2, 0.25) is 5.15 Å². The Bertz CT molecular complexity index is 677. The van der Waals surface area contributed by atoms with E-state index in [1.807, 2.05) is 24.3 Å². The standard InChI is InChI=1S/C15H15ClN4O2/c1-22-12-4-2-11(3-5-12)10-19-8-9-20(15(19)21)14-17-7-6-13(16)18-14/h2-7H,8-10H2,1H3. The SMILES string of the molecule is COc1ccc(CN2CCN(c3nccc(Cl)n3)C2=O)cc1. The predicted molar refractivity (Wildman–Crippen MR) is 83.2 cm³/mol. The van der Waals surface area contributed by atoms with E-state index in [0.29, 0.717) is 30.7 Å². The second-order valence-corrected chi connectivity index (χ2v) is 5.27. The molecule has 6 nitrogen and oxygen atoms in total. The van der Waals surface area contributed by atoms with Crippen LogP contribution in [0.25, 0.3) is 0 Å². The molecule has 0 N–H and O–H groups in total. The summed E-state index contributed by atoms with van der Waals surface area (Å²) < 4.78 is 5.13. The van der Waals surface area contributed by atoms with Crippen molar-refractivity contribution in [1.29, 1.82) is 0 Å². The van der Waals surface area contributed by atoms with E-state index in [0.717, 1.165) is 11.3 Å². The molecule has 1 saturated heterocycles. The number of halogens is 1. The molecule has 0 aliphatic carbocycles. The van der Waals surface area contributed by atoms with Crippen molar-refractivity contribution in [1.82, 2.24) is 14.9 Å². The van der Waals surface area contributed by atoms with Crippen molar-refractivity contribution in [2.45, 2.75) is 6.54 Å². The van der Waals surface area contributed by atoms with Gasteiger partial charge >= 0.3 is 6.03 Å². The fourth-order valence-corrected chi connectivity index (χ4v) is 2.46. The van der Waals surface area contributed by atoms with E-state index < -0.39 is 0 Å². The van der Waals surface area contributed by atoms with Crippen molar-refractivity contribution in [3.05, 3.63) is 47.2 Å². The highest BCUT2D eigenvalue weighted by Crippen LogP contribution is 2.20. The molecule has 0 bridgehead atoms. The monoisotopic (exact) mass is 318 g/mol. The van der Waals surface area contributed by atoms with Gasteiger partial charge in [0.15, 0.2) is 0 Å². The van der Waals surface area contributed by atoms with Crippen LogP contribution in [0.15, 0.2) is 36.5 Å². The van der Waals surface area contributed by atoms with Gasteiger partial charge in [0.05, 0.1) is 7.11 Å². The highest BCUT2D eigenvalue weighted by Gasteiger charge is 2.31. The number of hydrogen-bond donors (Lipinski definition) is 0. The zero-order valence-corrected chi connectivity index (χ0v) is 12.8. The lowest BCUT2D eigenvalue weighted by Gasteiger charge is -2.17. The topological polar surface area (TPSA) is 58.6 Å². The molecule has 1 fully saturated rings. The first-order valence-electron chi connectivity index (χ1n) is 6.85. The smallest absolute Gasteiger partial charge is 0.327 e. The Morgan fingerprint density at radius 3 is 2.68 bits per heavy atom. The lowest BCUT2D eigenvalue weighted by atomic mass is 10.2. The second kappa shape index (κ2) is 6.19. The van der Waals surface area contributed by atoms with Crippen LogP contribution in [0.1, 0.15) is 5.56 Å². The van der Waals surface area contributed by atoms with Crippen molar-refractivity contribution in [3.8, 4) is 5.75 Å². The van der Waals surface area contributed by atoms with Crippen molar-refractivity contribution < 1.29 is 9.53 Å². The summed E-state index contributed by atoms with van der Waals surface area (Å²) in [6.45, 7) is 1.72. The average molecular weight is 319 g/mol. The van der Waals surface area contributed by atoms with Crippen LogP contribution >= 0.6 is 11.6 Å². The molecule has 7 heteroatoms. The van der Waals surface area contributed by atoms with Crippen LogP contribution in [-0.2, 0) is 6.54 Å². The molecule has 1 aromatic heterocycles. The number of nitrogens with zero attached hydrogens (tertiary/aromatic N) is 4. The summed E-state index contributed by atoms with van der Waals surface area (Å²) in [5.41, 5.74) is 1.04. The molecule has 0 atom stereocenters. The first-order chi connectivity index (χ1) is 10.7. The van der Waals surface area contributed by atoms with Crippen LogP contribution in [0.5, 0.6) is 5.75 Å². The van der Waals surface area contributed by atoms with E-state index in [1.54, 1.807) is 24.3 Å². The quantitative estimate of drug-likeness (QED) is 0.813. The molecule has 0 spiro atoms. The number of anilines is 1. The molecule has 2 heterocycles. The van der Waals surface area contributed by atoms with E-state index in [1.165, 1.54) is 4.90 Å². The summed E-state index contributed by atoms with van der Waals surface area (Å²) in [4.78, 5) is 23.9. The van der Waals surface area contributed by atoms with E-state index in [2.05, 4.69) is 9.97 Å². The fourth-order valence-electron chi connectivity index (χ4n) is 2.32. The zero-order valence-electron chi connectivity index (χ0n) is 12.1. The molecule has 1 aliphatic heterocycles. The normalized spacial score (nSPS) is 14.5. The van der Waals surface area contributed by atoms with Crippen molar-refractivity contribution in [2.75, 3.05) is 25.1 Å². The third-order valence-corrected chi connectivity index (χ3v) is 3.69. The Morgan fingerprint density at radius 1 is 1.23 bits per heavy atom. The molecule has 1 aliphatic rings. The van der Waals surface area contributed by atoms with E-state index in [-0.39, 0.29) is 6.03 Å². The van der Waals surface area contributed by atoms with Crippen molar-refractivity contribution in [2.24, 2.45) is 0 Å². The number of rotatable bonds is 4. The fraction of sp³-hybridized carbons (Fsp3) is 0.267. The molecule has 114 valence electrons. The third-order valence-electron chi connectivity index (χ3n) is 3.48. The number of methoxy groups -OCH3 is 1. The van der Waals surface area contributed by atoms with Gasteiger partial charge in [-0.15, -0.1) is 0 Å². The van der Waals surface area contributed by atoms with E-state index in [9.17, 15) is 4.79 Å². The lowest BCUT2D eigenvalue weighted by molar-refractivity contribution is 0.218. The lowest BCUT2D eigenvalue weighted by Crippen LogP contribution is -2.32. The molecule has 2 amide bonds. The van der Waals surface area contributed by atoms with Gasteiger partial charge < -0.3 is 9.64 Å². The summed E-state index contributed by atoms with van der Waals surface area (Å²) in [6, 6.07) is 9.13. The first-order valence-corrected chi connectivity index (χ1v) is 7.23. The van der Waals surface area contributed by atoms with Crippen LogP contribution in [-0.4, -0.2) is 41.1 Å². The van der Waals surface area contributed by atoms with Crippen LogP contribution in [0, 0.1) is 0 Å². The molecule has 22 heavy (non-hydrogen) atoms. The Balaban J connectivity index is 1.70. The van der Waals surface area contributed by atoms with Gasteiger partial charge in [0, 0.05) is 25.8 Å². The Hall–Kier alpha value is -2.34. The summed E-state index contributed by atoms with van der Waals surface area (Å²) in [5, 5.41) is 0.325. The van der Waals surface area contributed by atoms with E-state index >= 15 is 0 Å². The second-order valence-electron chi connectivity index (χ2n) is 4.88. The molecule has 3 rings (SSSR count). The number of hydrogen-bond acceptors (Lipinski definition) is 4. The Morgan fingerprint density at radius 2 is 2.00 bits per heavy atom. The Labute approximate surface area is 133 Å². The summed E-state index contributed by atoms with van der Waals surface area (Å²) in [7, 11) is 1.63. The number of carbonyl (C=O) groups is 1. The number of aromatic nitrogens is 2. The molecule has 0 radical (unpaired) electrons. The minimum atomic E-state index is -0.113. The largest absolute Gasteiger partial charge is 0.497 e. The van der Waals surface area contributed by atoms with Gasteiger partial charge in [0.25, 0.3) is 0 Å². The van der Waals surface area contributed by atoms with Gasteiger partial charge in [0.2, 0.25) is 5.95 Å². The summed E-state index contributed by atoms with van der Waals surface area (Å²) in [5.74, 6) is 1.14. The number of benzene rings is 1. The van der Waals surface area contributed by atoms with Gasteiger partial charge in [-0.05, 0) is 23.8 Å². The van der Waals surface area contributed by atoms with Gasteiger partial charge in [-0.3, -0.25) is 4.90 Å². The maximum atomic E-state index is 12.4. The molecular formula is C15H15ClN4O2. The van der Waals surface area contributed by atoms with Gasteiger partial charge in [-0.25, -0.2) is 14.8 Å². The van der Waals surface area contributed by atoms with Gasteiger partial charge in [-0.2, -0.15) is 0 Å². The number of ether oxygens (including phenoxy) is 1. The number of urea groups is 1. The zero-order chi connectivity index (χ0) is 15.5. The van der Waals surface area contributed by atoms with Crippen molar-refractivity contribution >= 4 is 23.6 Å². The molecule has 1 aromatic carbocycles.